The number of fused-ring (bicyclic) bond motifs is 2. The van der Waals surface area contributed by atoms with Crippen molar-refractivity contribution in [3.05, 3.63) is 80.0 Å². The van der Waals surface area contributed by atoms with Gasteiger partial charge in [0.05, 0.1) is 0 Å². The molecule has 4 aromatic rings. The molecule has 2 aromatic heterocycles. The molecule has 0 fully saturated rings. The number of halogens is 1. The number of hydrogen-bond acceptors (Lipinski definition) is 5. The number of benzene rings is 2. The van der Waals surface area contributed by atoms with Gasteiger partial charge in [-0.15, -0.1) is 11.3 Å². The molecule has 6 heteroatoms. The highest BCUT2D eigenvalue weighted by atomic mass is 35.5. The zero-order valence-electron chi connectivity index (χ0n) is 13.7. The van der Waals surface area contributed by atoms with Crippen molar-refractivity contribution < 1.29 is 13.9 Å². The lowest BCUT2D eigenvalue weighted by Crippen LogP contribution is -2.07. The van der Waals surface area contributed by atoms with Gasteiger partial charge in [0.25, 0.3) is 0 Å². The molecule has 0 bridgehead atoms. The molecule has 0 N–H and O–H groups in total. The van der Waals surface area contributed by atoms with Crippen LogP contribution in [0.25, 0.3) is 21.1 Å². The second-order valence-electron chi connectivity index (χ2n) is 5.91. The van der Waals surface area contributed by atoms with Crippen LogP contribution >= 0.6 is 22.9 Å². The summed E-state index contributed by atoms with van der Waals surface area (Å²) >= 11 is 7.55. The molecule has 0 unspecified atom stereocenters. The van der Waals surface area contributed by atoms with E-state index in [4.69, 9.17) is 20.8 Å². The number of hydrogen-bond donors (Lipinski definition) is 0. The Kier molecular flexibility index (Phi) is 4.26. The molecule has 0 saturated heterocycles. The number of esters is 1. The van der Waals surface area contributed by atoms with E-state index in [0.717, 1.165) is 15.6 Å². The lowest BCUT2D eigenvalue weighted by Gasteiger charge is -2.08. The molecular formula is C20H13ClO4S. The number of carbonyl (C=O) groups is 1. The summed E-state index contributed by atoms with van der Waals surface area (Å²) in [5, 5.41) is 2.21. The van der Waals surface area contributed by atoms with Gasteiger partial charge in [-0.25, -0.2) is 9.59 Å². The highest BCUT2D eigenvalue weighted by Crippen LogP contribution is 2.28. The number of ether oxygens (including phenoxy) is 1. The fraction of sp³-hybridized carbons (Fsp3) is 0.100. The van der Waals surface area contributed by atoms with E-state index in [1.165, 1.54) is 17.4 Å². The van der Waals surface area contributed by atoms with Crippen LogP contribution in [0.1, 0.15) is 20.8 Å². The summed E-state index contributed by atoms with van der Waals surface area (Å²) in [5.41, 5.74) is 1.30. The van der Waals surface area contributed by atoms with Crippen LogP contribution in [0.5, 0.6) is 0 Å². The smallest absolute Gasteiger partial charge is 0.348 e. The first-order valence-corrected chi connectivity index (χ1v) is 9.09. The number of carbonyl (C=O) groups excluding carboxylic acids is 1. The summed E-state index contributed by atoms with van der Waals surface area (Å²) in [4.78, 5) is 24.7. The van der Waals surface area contributed by atoms with Gasteiger partial charge in [-0.1, -0.05) is 29.8 Å². The van der Waals surface area contributed by atoms with Gasteiger partial charge in [-0.2, -0.15) is 0 Å². The normalized spacial score (nSPS) is 11.2. The maximum absolute atomic E-state index is 12.4. The SMILES string of the molecule is Cc1cc2oc(=O)cc(COC(=O)c3cc4ccccc4s3)c2cc1Cl. The second kappa shape index (κ2) is 6.59. The lowest BCUT2D eigenvalue weighted by atomic mass is 10.1. The summed E-state index contributed by atoms with van der Waals surface area (Å²) in [6.45, 7) is 1.80. The van der Waals surface area contributed by atoms with Crippen molar-refractivity contribution in [3.63, 3.8) is 0 Å². The van der Waals surface area contributed by atoms with Crippen molar-refractivity contribution in [2.75, 3.05) is 0 Å². The fourth-order valence-corrected chi connectivity index (χ4v) is 3.88. The fourth-order valence-electron chi connectivity index (χ4n) is 2.76. The third-order valence-corrected chi connectivity index (χ3v) is 5.60. The van der Waals surface area contributed by atoms with Crippen molar-refractivity contribution in [3.8, 4) is 0 Å². The van der Waals surface area contributed by atoms with E-state index in [0.29, 0.717) is 26.4 Å². The van der Waals surface area contributed by atoms with Crippen molar-refractivity contribution in [2.45, 2.75) is 13.5 Å². The molecule has 0 saturated carbocycles. The number of aryl methyl sites for hydroxylation is 1. The van der Waals surface area contributed by atoms with Gasteiger partial charge in [-0.3, -0.25) is 0 Å². The summed E-state index contributed by atoms with van der Waals surface area (Å²) in [5.74, 6) is -0.425. The Morgan fingerprint density at radius 3 is 2.81 bits per heavy atom. The predicted molar refractivity (Wildman–Crippen MR) is 103 cm³/mol. The maximum Gasteiger partial charge on any atom is 0.348 e. The molecular weight excluding hydrogens is 372 g/mol. The van der Waals surface area contributed by atoms with Crippen molar-refractivity contribution in [1.29, 1.82) is 0 Å². The van der Waals surface area contributed by atoms with E-state index in [2.05, 4.69) is 0 Å². The van der Waals surface area contributed by atoms with E-state index in [1.807, 2.05) is 31.2 Å². The summed E-state index contributed by atoms with van der Waals surface area (Å²) in [6, 6.07) is 14.3. The van der Waals surface area contributed by atoms with Gasteiger partial charge in [0.1, 0.15) is 17.1 Å². The lowest BCUT2D eigenvalue weighted by molar-refractivity contribution is 0.0480. The van der Waals surface area contributed by atoms with Gasteiger partial charge < -0.3 is 9.15 Å². The molecule has 0 atom stereocenters. The van der Waals surface area contributed by atoms with Crippen LogP contribution in [-0.2, 0) is 11.3 Å². The first-order valence-electron chi connectivity index (χ1n) is 7.90. The highest BCUT2D eigenvalue weighted by molar-refractivity contribution is 7.20. The predicted octanol–water partition coefficient (Wildman–Crippen LogP) is 5.33. The van der Waals surface area contributed by atoms with E-state index < -0.39 is 11.6 Å². The zero-order chi connectivity index (χ0) is 18.3. The molecule has 0 aliphatic rings. The van der Waals surface area contributed by atoms with Crippen LogP contribution < -0.4 is 5.63 Å². The molecule has 0 aliphatic heterocycles. The molecule has 4 rings (SSSR count). The molecule has 0 amide bonds. The third kappa shape index (κ3) is 3.11. The van der Waals surface area contributed by atoms with Crippen LogP contribution in [0, 0.1) is 6.92 Å². The van der Waals surface area contributed by atoms with Crippen molar-refractivity contribution >= 4 is 50.0 Å². The molecule has 4 nitrogen and oxygen atoms in total. The van der Waals surface area contributed by atoms with Crippen molar-refractivity contribution in [1.82, 2.24) is 0 Å². The Morgan fingerprint density at radius 2 is 2.00 bits per heavy atom. The standard InChI is InChI=1S/C20H13ClO4S/c1-11-6-16-14(9-15(11)21)13(8-19(22)25-16)10-24-20(23)18-7-12-4-2-3-5-17(12)26-18/h2-9H,10H2,1H3. The van der Waals surface area contributed by atoms with E-state index in [9.17, 15) is 9.59 Å². The van der Waals surface area contributed by atoms with Gasteiger partial charge in [0, 0.05) is 26.7 Å². The summed E-state index contributed by atoms with van der Waals surface area (Å²) in [7, 11) is 0. The topological polar surface area (TPSA) is 56.5 Å². The Labute approximate surface area is 157 Å². The van der Waals surface area contributed by atoms with Gasteiger partial charge in [0.15, 0.2) is 0 Å². The second-order valence-corrected chi connectivity index (χ2v) is 7.40. The van der Waals surface area contributed by atoms with Gasteiger partial charge in [-0.05, 0) is 42.1 Å². The minimum absolute atomic E-state index is 0.0332. The molecule has 0 spiro atoms. The summed E-state index contributed by atoms with van der Waals surface area (Å²) < 4.78 is 11.7. The van der Waals surface area contributed by atoms with Gasteiger partial charge in [0.2, 0.25) is 0 Å². The minimum atomic E-state index is -0.493. The minimum Gasteiger partial charge on any atom is -0.457 e. The van der Waals surface area contributed by atoms with Crippen LogP contribution in [0.15, 0.2) is 57.7 Å². The number of rotatable bonds is 3. The van der Waals surface area contributed by atoms with Crippen LogP contribution in [0.4, 0.5) is 0 Å². The quantitative estimate of drug-likeness (QED) is 0.354. The number of thiophene rings is 1. The van der Waals surface area contributed by atoms with E-state index >= 15 is 0 Å². The average molecular weight is 385 g/mol. The van der Waals surface area contributed by atoms with Crippen LogP contribution in [0.3, 0.4) is 0 Å². The van der Waals surface area contributed by atoms with Crippen molar-refractivity contribution in [2.24, 2.45) is 0 Å². The maximum atomic E-state index is 12.4. The highest BCUT2D eigenvalue weighted by Gasteiger charge is 2.14. The average Bonchev–Trinajstić information content (AvgIpc) is 3.05. The Bertz CT molecular complexity index is 1170. The molecule has 0 radical (unpaired) electrons. The van der Waals surface area contributed by atoms with E-state index in [1.54, 1.807) is 18.2 Å². The molecule has 0 aliphatic carbocycles. The Morgan fingerprint density at radius 1 is 1.19 bits per heavy atom. The molecule has 130 valence electrons. The first kappa shape index (κ1) is 16.8. The van der Waals surface area contributed by atoms with E-state index in [-0.39, 0.29) is 6.61 Å². The monoisotopic (exact) mass is 384 g/mol. The largest absolute Gasteiger partial charge is 0.457 e. The molecule has 26 heavy (non-hydrogen) atoms. The van der Waals surface area contributed by atoms with Crippen LogP contribution in [-0.4, -0.2) is 5.97 Å². The Balaban J connectivity index is 1.64. The zero-order valence-corrected chi connectivity index (χ0v) is 15.3. The summed E-state index contributed by atoms with van der Waals surface area (Å²) in [6.07, 6.45) is 0. The van der Waals surface area contributed by atoms with Gasteiger partial charge >= 0.3 is 11.6 Å². The third-order valence-electron chi connectivity index (χ3n) is 4.09. The van der Waals surface area contributed by atoms with Crippen LogP contribution in [0.2, 0.25) is 5.02 Å². The first-order chi connectivity index (χ1) is 12.5. The molecule has 2 heterocycles. The molecule has 2 aromatic carbocycles. The Hall–Kier alpha value is -2.63.